The van der Waals surface area contributed by atoms with Gasteiger partial charge in [-0.1, -0.05) is 13.8 Å². The van der Waals surface area contributed by atoms with Crippen LogP contribution in [0.15, 0.2) is 0 Å². The molecule has 0 saturated carbocycles. The van der Waals surface area contributed by atoms with Crippen LogP contribution in [-0.2, 0) is 9.53 Å². The summed E-state index contributed by atoms with van der Waals surface area (Å²) in [6, 6.07) is 0. The summed E-state index contributed by atoms with van der Waals surface area (Å²) in [7, 11) is 1.86. The van der Waals surface area contributed by atoms with Gasteiger partial charge in [0.2, 0.25) is 5.91 Å². The molecule has 0 rings (SSSR count). The van der Waals surface area contributed by atoms with E-state index in [4.69, 9.17) is 4.74 Å². The second-order valence-corrected chi connectivity index (χ2v) is 4.09. The van der Waals surface area contributed by atoms with E-state index in [1.165, 1.54) is 0 Å². The largest absolute Gasteiger partial charge is 0.369 e. The molecule has 0 aliphatic carbocycles. The van der Waals surface area contributed by atoms with Gasteiger partial charge in [0.05, 0.1) is 0 Å². The summed E-state index contributed by atoms with van der Waals surface area (Å²) in [6.45, 7) is 8.15. The Morgan fingerprint density at radius 2 is 1.88 bits per heavy atom. The van der Waals surface area contributed by atoms with Crippen LogP contribution in [0.3, 0.4) is 0 Å². The number of likely N-dealkylation sites (N-methyl/N-ethyl adjacent to an activating group) is 1. The lowest BCUT2D eigenvalue weighted by atomic mass is 10.1. The molecule has 2 N–H and O–H groups in total. The Morgan fingerprint density at radius 3 is 2.38 bits per heavy atom. The van der Waals surface area contributed by atoms with Gasteiger partial charge in [-0.2, -0.15) is 0 Å². The molecule has 0 heterocycles. The Bertz CT molecular complexity index is 177. The minimum absolute atomic E-state index is 0. The molecule has 0 aromatic rings. The van der Waals surface area contributed by atoms with E-state index in [1.54, 1.807) is 6.92 Å². The zero-order valence-electron chi connectivity index (χ0n) is 10.7. The van der Waals surface area contributed by atoms with Gasteiger partial charge in [-0.25, -0.2) is 0 Å². The van der Waals surface area contributed by atoms with Crippen LogP contribution >= 0.6 is 12.4 Å². The molecule has 0 bridgehead atoms. The first kappa shape index (κ1) is 18.1. The fraction of sp³-hybridized carbons (Fsp3) is 0.909. The Labute approximate surface area is 105 Å². The van der Waals surface area contributed by atoms with E-state index < -0.39 is 0 Å². The van der Waals surface area contributed by atoms with E-state index in [9.17, 15) is 4.79 Å². The monoisotopic (exact) mass is 252 g/mol. The molecule has 0 aliphatic rings. The molecule has 0 aromatic carbocycles. The molecule has 0 spiro atoms. The first-order valence-corrected chi connectivity index (χ1v) is 5.61. The van der Waals surface area contributed by atoms with Crippen LogP contribution in [0.5, 0.6) is 0 Å². The molecular formula is C11H25ClN2O2. The normalized spacial score (nSPS) is 12.1. The maximum absolute atomic E-state index is 11.4. The molecule has 98 valence electrons. The minimum atomic E-state index is -0.347. The highest BCUT2D eigenvalue weighted by Crippen LogP contribution is 2.01. The number of rotatable bonds is 8. The van der Waals surface area contributed by atoms with E-state index in [1.807, 2.05) is 7.05 Å². The highest BCUT2D eigenvalue weighted by atomic mass is 35.5. The van der Waals surface area contributed by atoms with Crippen LogP contribution in [0.2, 0.25) is 0 Å². The third kappa shape index (κ3) is 10.2. The van der Waals surface area contributed by atoms with Gasteiger partial charge in [0.15, 0.2) is 0 Å². The first-order valence-electron chi connectivity index (χ1n) is 5.61. The van der Waals surface area contributed by atoms with Crippen molar-refractivity contribution in [3.63, 3.8) is 0 Å². The number of amides is 1. The Hall–Kier alpha value is -0.320. The predicted octanol–water partition coefficient (Wildman–Crippen LogP) is 1.19. The minimum Gasteiger partial charge on any atom is -0.369 e. The number of ether oxygens (including phenoxy) is 1. The van der Waals surface area contributed by atoms with E-state index in [-0.39, 0.29) is 24.4 Å². The van der Waals surface area contributed by atoms with Gasteiger partial charge in [0.25, 0.3) is 0 Å². The molecule has 1 unspecified atom stereocenters. The van der Waals surface area contributed by atoms with Gasteiger partial charge in [0.1, 0.15) is 6.10 Å². The quantitative estimate of drug-likeness (QED) is 0.639. The first-order chi connectivity index (χ1) is 7.07. The average Bonchev–Trinajstić information content (AvgIpc) is 2.17. The van der Waals surface area contributed by atoms with Crippen molar-refractivity contribution in [3.05, 3.63) is 0 Å². The van der Waals surface area contributed by atoms with Gasteiger partial charge in [0, 0.05) is 19.7 Å². The molecule has 0 saturated heterocycles. The molecule has 1 atom stereocenters. The van der Waals surface area contributed by atoms with Crippen molar-refractivity contribution in [1.82, 2.24) is 10.6 Å². The van der Waals surface area contributed by atoms with Crippen LogP contribution in [0.25, 0.3) is 0 Å². The smallest absolute Gasteiger partial charge is 0.248 e. The fourth-order valence-corrected chi connectivity index (χ4v) is 1.01. The number of halogens is 1. The summed E-state index contributed by atoms with van der Waals surface area (Å²) >= 11 is 0. The second-order valence-electron chi connectivity index (χ2n) is 4.09. The Morgan fingerprint density at radius 1 is 1.25 bits per heavy atom. The molecule has 0 fully saturated rings. The van der Waals surface area contributed by atoms with Crippen LogP contribution in [0.4, 0.5) is 0 Å². The van der Waals surface area contributed by atoms with Gasteiger partial charge >= 0.3 is 0 Å². The number of carbonyl (C=O) groups is 1. The van der Waals surface area contributed by atoms with Gasteiger partial charge < -0.3 is 15.4 Å². The van der Waals surface area contributed by atoms with E-state index >= 15 is 0 Å². The van der Waals surface area contributed by atoms with Crippen molar-refractivity contribution >= 4 is 18.3 Å². The lowest BCUT2D eigenvalue weighted by Crippen LogP contribution is -2.38. The lowest BCUT2D eigenvalue weighted by Gasteiger charge is -2.14. The Balaban J connectivity index is 0. The second kappa shape index (κ2) is 11.2. The van der Waals surface area contributed by atoms with Crippen LogP contribution < -0.4 is 10.6 Å². The summed E-state index contributed by atoms with van der Waals surface area (Å²) in [5, 5.41) is 5.76. The van der Waals surface area contributed by atoms with Crippen molar-refractivity contribution in [2.75, 3.05) is 26.7 Å². The van der Waals surface area contributed by atoms with Crippen molar-refractivity contribution in [1.29, 1.82) is 0 Å². The lowest BCUT2D eigenvalue weighted by molar-refractivity contribution is -0.131. The summed E-state index contributed by atoms with van der Waals surface area (Å²) in [5.74, 6) is 0.582. The third-order valence-corrected chi connectivity index (χ3v) is 2.11. The fourth-order valence-electron chi connectivity index (χ4n) is 1.01. The van der Waals surface area contributed by atoms with Crippen molar-refractivity contribution in [3.8, 4) is 0 Å². The molecule has 0 aromatic heterocycles. The highest BCUT2D eigenvalue weighted by molar-refractivity contribution is 5.85. The van der Waals surface area contributed by atoms with Crippen molar-refractivity contribution in [2.45, 2.75) is 33.3 Å². The highest BCUT2D eigenvalue weighted by Gasteiger charge is 2.12. The zero-order valence-corrected chi connectivity index (χ0v) is 11.5. The molecule has 4 nitrogen and oxygen atoms in total. The predicted molar refractivity (Wildman–Crippen MR) is 69.1 cm³/mol. The summed E-state index contributed by atoms with van der Waals surface area (Å²) < 4.78 is 5.41. The van der Waals surface area contributed by atoms with E-state index in [2.05, 4.69) is 24.5 Å². The molecular weight excluding hydrogens is 228 g/mol. The molecule has 16 heavy (non-hydrogen) atoms. The zero-order chi connectivity index (χ0) is 11.7. The summed E-state index contributed by atoms with van der Waals surface area (Å²) in [6.07, 6.45) is 0.648. The Kier molecular flexibility index (Phi) is 12.6. The van der Waals surface area contributed by atoms with Gasteiger partial charge in [-0.05, 0) is 26.3 Å². The molecule has 0 aliphatic heterocycles. The number of nitrogens with one attached hydrogen (secondary N) is 2. The van der Waals surface area contributed by atoms with Crippen LogP contribution in [0, 0.1) is 5.92 Å². The number of hydrogen-bond acceptors (Lipinski definition) is 3. The maximum Gasteiger partial charge on any atom is 0.248 e. The molecule has 1 amide bonds. The van der Waals surface area contributed by atoms with E-state index in [0.717, 1.165) is 13.0 Å². The standard InChI is InChI=1S/C11H24N2O2.ClH/c1-9(2)5-8-15-10(3)11(14)13-7-6-12-4;/h9-10,12H,5-8H2,1-4H3,(H,13,14);1H. The summed E-state index contributed by atoms with van der Waals surface area (Å²) in [5.41, 5.74) is 0. The third-order valence-electron chi connectivity index (χ3n) is 2.11. The van der Waals surface area contributed by atoms with Gasteiger partial charge in [-0.3, -0.25) is 4.79 Å². The SMILES string of the molecule is CNCCNC(=O)C(C)OCCC(C)C.Cl. The van der Waals surface area contributed by atoms with Crippen LogP contribution in [0.1, 0.15) is 27.2 Å². The van der Waals surface area contributed by atoms with Crippen LogP contribution in [-0.4, -0.2) is 38.8 Å². The van der Waals surface area contributed by atoms with E-state index in [0.29, 0.717) is 19.1 Å². The topological polar surface area (TPSA) is 50.4 Å². The van der Waals surface area contributed by atoms with Gasteiger partial charge in [-0.15, -0.1) is 12.4 Å². The molecule has 5 heteroatoms. The van der Waals surface area contributed by atoms with Crippen molar-refractivity contribution in [2.24, 2.45) is 5.92 Å². The summed E-state index contributed by atoms with van der Waals surface area (Å²) in [4.78, 5) is 11.4. The number of hydrogen-bond donors (Lipinski definition) is 2. The maximum atomic E-state index is 11.4. The average molecular weight is 253 g/mol. The molecule has 0 radical (unpaired) electrons. The van der Waals surface area contributed by atoms with Crippen molar-refractivity contribution < 1.29 is 9.53 Å². The number of carbonyl (C=O) groups excluding carboxylic acids is 1.